The average Bonchev–Trinajstić information content (AvgIpc) is 2.65. The van der Waals surface area contributed by atoms with Crippen molar-refractivity contribution in [3.63, 3.8) is 0 Å². The molecule has 0 unspecified atom stereocenters. The van der Waals surface area contributed by atoms with Crippen molar-refractivity contribution in [3.8, 4) is 0 Å². The molecule has 0 amide bonds. The van der Waals surface area contributed by atoms with Crippen LogP contribution < -0.4 is 16.0 Å². The maximum atomic E-state index is 13.0. The monoisotopic (exact) mass is 428 g/mol. The number of hydrogen-bond donors (Lipinski definition) is 1. The first-order valence-corrected chi connectivity index (χ1v) is 10.9. The number of hydrogen-bond acceptors (Lipinski definition) is 8. The minimum absolute atomic E-state index is 0.0782. The van der Waals surface area contributed by atoms with Crippen molar-refractivity contribution in [1.82, 2.24) is 9.55 Å². The molecule has 0 aliphatic rings. The van der Waals surface area contributed by atoms with E-state index in [2.05, 4.69) is 4.98 Å². The van der Waals surface area contributed by atoms with Crippen LogP contribution in [0.15, 0.2) is 21.7 Å². The van der Waals surface area contributed by atoms with Gasteiger partial charge in [-0.2, -0.15) is 0 Å². The number of nitrogens with one attached hydrogen (secondary N) is 1. The lowest BCUT2D eigenvalue weighted by Crippen LogP contribution is -2.36. The van der Waals surface area contributed by atoms with Crippen molar-refractivity contribution in [2.24, 2.45) is 0 Å². The van der Waals surface area contributed by atoms with E-state index >= 15 is 0 Å². The standard InChI is InChI=1S/C17H25N4O7P/c1-5-8-19(4)14-10-13-12(9-15(14)21(24)25)18-16(22)17(23)20(13)11-29(26,27-6-2)28-7-3/h9-10H,5-8,11H2,1-4H3,(H,18,22). The van der Waals surface area contributed by atoms with Gasteiger partial charge in [-0.1, -0.05) is 6.92 Å². The molecule has 2 aromatic rings. The summed E-state index contributed by atoms with van der Waals surface area (Å²) in [7, 11) is -2.02. The number of H-pyrrole nitrogens is 1. The summed E-state index contributed by atoms with van der Waals surface area (Å²) in [6, 6.07) is 2.63. The van der Waals surface area contributed by atoms with Crippen LogP contribution in [0.1, 0.15) is 27.2 Å². The fourth-order valence-electron chi connectivity index (χ4n) is 3.03. The molecule has 11 nitrogen and oxygen atoms in total. The van der Waals surface area contributed by atoms with Gasteiger partial charge in [0, 0.05) is 19.7 Å². The maximum absolute atomic E-state index is 13.0. The summed E-state index contributed by atoms with van der Waals surface area (Å²) in [4.78, 5) is 39.7. The van der Waals surface area contributed by atoms with Crippen LogP contribution in [-0.2, 0) is 19.9 Å². The fraction of sp³-hybridized carbons (Fsp3) is 0.529. The SMILES string of the molecule is CCCN(C)c1cc2c(cc1[N+](=O)[O-])[nH]c(=O)c(=O)n2CP(=O)(OCC)OCC. The predicted octanol–water partition coefficient (Wildman–Crippen LogP) is 2.67. The Morgan fingerprint density at radius 3 is 2.34 bits per heavy atom. The number of nitrogens with zero attached hydrogens (tertiary/aromatic N) is 3. The molecule has 1 aromatic heterocycles. The lowest BCUT2D eigenvalue weighted by molar-refractivity contribution is -0.384. The quantitative estimate of drug-likeness (QED) is 0.264. The van der Waals surface area contributed by atoms with Crippen molar-refractivity contribution in [2.75, 3.05) is 31.7 Å². The molecule has 0 radical (unpaired) electrons. The van der Waals surface area contributed by atoms with E-state index in [0.717, 1.165) is 11.0 Å². The largest absolute Gasteiger partial charge is 0.369 e. The molecule has 29 heavy (non-hydrogen) atoms. The van der Waals surface area contributed by atoms with Gasteiger partial charge in [-0.05, 0) is 26.3 Å². The zero-order valence-corrected chi connectivity index (χ0v) is 17.7. The van der Waals surface area contributed by atoms with Gasteiger partial charge in [0.2, 0.25) is 0 Å². The topological polar surface area (TPSA) is 137 Å². The van der Waals surface area contributed by atoms with Crippen LogP contribution in [0.2, 0.25) is 0 Å². The third-order valence-corrected chi connectivity index (χ3v) is 6.14. The first kappa shape index (κ1) is 22.8. The number of aromatic amines is 1. The molecule has 0 aliphatic heterocycles. The summed E-state index contributed by atoms with van der Waals surface area (Å²) in [6.07, 6.45) is 0.261. The zero-order valence-electron chi connectivity index (χ0n) is 16.8. The first-order chi connectivity index (χ1) is 13.7. The van der Waals surface area contributed by atoms with Gasteiger partial charge in [0.25, 0.3) is 5.69 Å². The predicted molar refractivity (Wildman–Crippen MR) is 110 cm³/mol. The molecule has 0 fully saturated rings. The zero-order chi connectivity index (χ0) is 21.8. The highest BCUT2D eigenvalue weighted by molar-refractivity contribution is 7.52. The molecule has 0 saturated heterocycles. The highest BCUT2D eigenvalue weighted by Gasteiger charge is 2.28. The highest BCUT2D eigenvalue weighted by Crippen LogP contribution is 2.49. The Hall–Kier alpha value is -2.49. The van der Waals surface area contributed by atoms with Crippen LogP contribution in [0.3, 0.4) is 0 Å². The summed E-state index contributed by atoms with van der Waals surface area (Å²) in [5.74, 6) is 0. The second-order valence-electron chi connectivity index (χ2n) is 6.31. The molecule has 0 spiro atoms. The van der Waals surface area contributed by atoms with Gasteiger partial charge in [0.1, 0.15) is 12.0 Å². The van der Waals surface area contributed by atoms with Crippen molar-refractivity contribution in [1.29, 1.82) is 0 Å². The Morgan fingerprint density at radius 1 is 1.21 bits per heavy atom. The van der Waals surface area contributed by atoms with Gasteiger partial charge < -0.3 is 18.9 Å². The minimum atomic E-state index is -3.71. The Labute approximate surface area is 166 Å². The Balaban J connectivity index is 2.81. The number of nitro groups is 1. The van der Waals surface area contributed by atoms with E-state index < -0.39 is 29.9 Å². The molecule has 160 valence electrons. The van der Waals surface area contributed by atoms with E-state index in [4.69, 9.17) is 9.05 Å². The van der Waals surface area contributed by atoms with E-state index in [-0.39, 0.29) is 35.6 Å². The number of fused-ring (bicyclic) bond motifs is 1. The number of nitro benzene ring substituents is 1. The second-order valence-corrected chi connectivity index (χ2v) is 8.33. The summed E-state index contributed by atoms with van der Waals surface area (Å²) < 4.78 is 24.4. The van der Waals surface area contributed by atoms with Gasteiger partial charge in [-0.15, -0.1) is 0 Å². The van der Waals surface area contributed by atoms with Crippen LogP contribution in [0.25, 0.3) is 11.0 Å². The van der Waals surface area contributed by atoms with E-state index in [1.54, 1.807) is 25.8 Å². The molecule has 0 atom stereocenters. The van der Waals surface area contributed by atoms with E-state index in [0.29, 0.717) is 6.54 Å². The first-order valence-electron chi connectivity index (χ1n) is 9.21. The Bertz CT molecular complexity index is 1050. The van der Waals surface area contributed by atoms with Crippen molar-refractivity contribution >= 4 is 30.0 Å². The Morgan fingerprint density at radius 2 is 1.83 bits per heavy atom. The molecule has 0 bridgehead atoms. The summed E-state index contributed by atoms with van der Waals surface area (Å²) in [6.45, 7) is 5.90. The molecular weight excluding hydrogens is 403 g/mol. The molecule has 1 aromatic carbocycles. The molecule has 1 N–H and O–H groups in total. The molecular formula is C17H25N4O7P. The van der Waals surface area contributed by atoms with Gasteiger partial charge in [-0.3, -0.25) is 28.8 Å². The molecule has 1 heterocycles. The van der Waals surface area contributed by atoms with Crippen molar-refractivity contribution < 1.29 is 18.5 Å². The molecule has 0 aliphatic carbocycles. The van der Waals surface area contributed by atoms with Crippen LogP contribution in [0.5, 0.6) is 0 Å². The van der Waals surface area contributed by atoms with Crippen LogP contribution >= 0.6 is 7.60 Å². The Kier molecular flexibility index (Phi) is 7.34. The minimum Gasteiger partial charge on any atom is -0.369 e. The highest BCUT2D eigenvalue weighted by atomic mass is 31.2. The van der Waals surface area contributed by atoms with Gasteiger partial charge >= 0.3 is 18.7 Å². The molecule has 12 heteroatoms. The summed E-state index contributed by atoms with van der Waals surface area (Å²) >= 11 is 0. The van der Waals surface area contributed by atoms with E-state index in [9.17, 15) is 24.3 Å². The van der Waals surface area contributed by atoms with E-state index in [1.165, 1.54) is 12.1 Å². The van der Waals surface area contributed by atoms with Gasteiger partial charge in [0.05, 0.1) is 29.2 Å². The summed E-state index contributed by atoms with van der Waals surface area (Å²) in [5.41, 5.74) is -1.61. The average molecular weight is 428 g/mol. The number of benzene rings is 1. The number of aromatic nitrogens is 2. The number of rotatable bonds is 10. The van der Waals surface area contributed by atoms with Crippen molar-refractivity contribution in [2.45, 2.75) is 33.5 Å². The normalized spacial score (nSPS) is 11.7. The maximum Gasteiger partial charge on any atom is 0.350 e. The summed E-state index contributed by atoms with van der Waals surface area (Å²) in [5, 5.41) is 11.5. The molecule has 0 saturated carbocycles. The van der Waals surface area contributed by atoms with Gasteiger partial charge in [-0.25, -0.2) is 0 Å². The fourth-order valence-corrected chi connectivity index (χ4v) is 4.68. The van der Waals surface area contributed by atoms with Crippen molar-refractivity contribution in [3.05, 3.63) is 43.0 Å². The van der Waals surface area contributed by atoms with Crippen LogP contribution in [-0.4, -0.2) is 41.3 Å². The third-order valence-electron chi connectivity index (χ3n) is 4.20. The third kappa shape index (κ3) is 4.92. The van der Waals surface area contributed by atoms with Crippen LogP contribution in [0, 0.1) is 10.1 Å². The van der Waals surface area contributed by atoms with Crippen LogP contribution in [0.4, 0.5) is 11.4 Å². The smallest absolute Gasteiger partial charge is 0.350 e. The van der Waals surface area contributed by atoms with E-state index in [1.807, 2.05) is 6.92 Å². The molecule has 2 rings (SSSR count). The lowest BCUT2D eigenvalue weighted by Gasteiger charge is -2.21. The second kappa shape index (κ2) is 9.34. The lowest BCUT2D eigenvalue weighted by atomic mass is 10.2. The number of anilines is 1. The van der Waals surface area contributed by atoms with Gasteiger partial charge in [0.15, 0.2) is 0 Å².